The summed E-state index contributed by atoms with van der Waals surface area (Å²) in [6, 6.07) is -1.21. The highest BCUT2D eigenvalue weighted by molar-refractivity contribution is 9.10. The van der Waals surface area contributed by atoms with Crippen LogP contribution >= 0.6 is 39.3 Å². The van der Waals surface area contributed by atoms with Gasteiger partial charge >= 0.3 is 6.09 Å². The molecule has 234 valence electrons. The lowest BCUT2D eigenvalue weighted by Gasteiger charge is -2.53. The van der Waals surface area contributed by atoms with Crippen LogP contribution in [0.1, 0.15) is 61.3 Å². The molecule has 2 aliphatic rings. The van der Waals surface area contributed by atoms with E-state index >= 15 is 13.2 Å². The third kappa shape index (κ3) is 5.99. The largest absolute Gasteiger partial charge is 0.444 e. The number of aromatic nitrogens is 3. The van der Waals surface area contributed by atoms with E-state index in [-0.39, 0.29) is 51.0 Å². The zero-order valence-corrected chi connectivity index (χ0v) is 29.5. The van der Waals surface area contributed by atoms with Gasteiger partial charge in [0.25, 0.3) is 0 Å². The van der Waals surface area contributed by atoms with Crippen LogP contribution in [0.5, 0.6) is 0 Å². The van der Waals surface area contributed by atoms with Gasteiger partial charge in [0, 0.05) is 12.8 Å². The summed E-state index contributed by atoms with van der Waals surface area (Å²) >= 11 is 10.6. The van der Waals surface area contributed by atoms with Crippen molar-refractivity contribution in [1.29, 1.82) is 0 Å². The van der Waals surface area contributed by atoms with Gasteiger partial charge in [-0.25, -0.2) is 37.8 Å². The molecule has 0 spiro atoms. The molecule has 0 radical (unpaired) electrons. The molecular weight excluding hydrogens is 675 g/mol. The van der Waals surface area contributed by atoms with Gasteiger partial charge in [0.2, 0.25) is 11.6 Å². The molecule has 4 rings (SSSR count). The summed E-state index contributed by atoms with van der Waals surface area (Å²) in [6.07, 6.45) is -1.64. The number of thioether (sulfide) groups is 1. The van der Waals surface area contributed by atoms with E-state index in [4.69, 9.17) is 20.8 Å². The fourth-order valence-electron chi connectivity index (χ4n) is 5.03. The Balaban J connectivity index is 1.94. The predicted octanol–water partition coefficient (Wildman–Crippen LogP) is 8.26. The first-order valence-electron chi connectivity index (χ1n) is 13.8. The Morgan fingerprint density at radius 2 is 1.81 bits per heavy atom. The van der Waals surface area contributed by atoms with Crippen LogP contribution < -0.4 is 4.90 Å². The molecule has 2 saturated heterocycles. The molecule has 2 fully saturated rings. The number of anilines is 1. The maximum absolute atomic E-state index is 17.6. The molecule has 2 aliphatic heterocycles. The standard InChI is InChI=1S/C27H38BrClF3N5O3SSi/c1-10-41-22-33-18-16(19(28)34-20(29)17(18)30)21(35-22)36-14-26(31)11-12-27(32,37(26)23(38)40-24(2,3)4)15(36)13-39-42(8,9)25(5,6)7/h15H,10-14H2,1-9H3/t15-,26-,27+/m1/s1. The second kappa shape index (κ2) is 11.2. The summed E-state index contributed by atoms with van der Waals surface area (Å²) in [5, 5.41) is -0.283. The van der Waals surface area contributed by atoms with Gasteiger partial charge < -0.3 is 14.1 Å². The number of rotatable bonds is 6. The van der Waals surface area contributed by atoms with Crippen LogP contribution in [0.25, 0.3) is 10.9 Å². The van der Waals surface area contributed by atoms with E-state index in [1.54, 1.807) is 20.8 Å². The lowest BCUT2D eigenvalue weighted by atomic mass is 10.00. The molecule has 0 N–H and O–H groups in total. The summed E-state index contributed by atoms with van der Waals surface area (Å²) in [5.41, 5.74) is -1.11. The van der Waals surface area contributed by atoms with Gasteiger partial charge in [0.1, 0.15) is 27.6 Å². The van der Waals surface area contributed by atoms with E-state index in [1.807, 2.05) is 20.0 Å². The van der Waals surface area contributed by atoms with Gasteiger partial charge in [-0.05, 0) is 60.6 Å². The van der Waals surface area contributed by atoms with Crippen molar-refractivity contribution in [2.24, 2.45) is 0 Å². The highest BCUT2D eigenvalue weighted by Crippen LogP contribution is 2.54. The predicted molar refractivity (Wildman–Crippen MR) is 166 cm³/mol. The molecule has 0 unspecified atom stereocenters. The first-order chi connectivity index (χ1) is 19.1. The van der Waals surface area contributed by atoms with Crippen LogP contribution in [0.15, 0.2) is 9.76 Å². The maximum Gasteiger partial charge on any atom is 0.415 e. The SMILES string of the molecule is CCSc1nc(N2C[C@@]3(F)CC[C@@](F)([C@H]2CO[Si](C)(C)C(C)(C)C)N3C(=O)OC(C)(C)C)c2c(Br)nc(Cl)c(F)c2n1. The van der Waals surface area contributed by atoms with E-state index in [1.165, 1.54) is 16.7 Å². The minimum atomic E-state index is -2.53. The fourth-order valence-corrected chi connectivity index (χ4v) is 7.43. The number of hydrogen-bond acceptors (Lipinski definition) is 8. The number of amides is 1. The van der Waals surface area contributed by atoms with Gasteiger partial charge in [-0.3, -0.25) is 0 Å². The molecule has 4 heterocycles. The molecule has 2 bridgehead atoms. The quantitative estimate of drug-likeness (QED) is 0.0974. The Bertz CT molecular complexity index is 1400. The van der Waals surface area contributed by atoms with Crippen molar-refractivity contribution >= 4 is 70.4 Å². The van der Waals surface area contributed by atoms with Crippen molar-refractivity contribution in [2.45, 2.75) is 108 Å². The molecule has 8 nitrogen and oxygen atoms in total. The van der Waals surface area contributed by atoms with Crippen LogP contribution in [0.3, 0.4) is 0 Å². The Kier molecular flexibility index (Phi) is 8.96. The first kappa shape index (κ1) is 33.5. The summed E-state index contributed by atoms with van der Waals surface area (Å²) in [4.78, 5) is 28.5. The van der Waals surface area contributed by atoms with Crippen molar-refractivity contribution in [1.82, 2.24) is 19.9 Å². The zero-order chi connectivity index (χ0) is 31.6. The average molecular weight is 713 g/mol. The molecule has 0 aliphatic carbocycles. The number of alkyl halides is 2. The normalized spacial score (nSPS) is 25.0. The Morgan fingerprint density at radius 1 is 1.17 bits per heavy atom. The summed E-state index contributed by atoms with van der Waals surface area (Å²) < 4.78 is 61.9. The maximum atomic E-state index is 17.6. The van der Waals surface area contributed by atoms with Gasteiger partial charge in [-0.2, -0.15) is 0 Å². The van der Waals surface area contributed by atoms with Crippen molar-refractivity contribution in [3.63, 3.8) is 0 Å². The fraction of sp³-hybridized carbons (Fsp3) is 0.704. The summed E-state index contributed by atoms with van der Waals surface area (Å²) in [6.45, 7) is 16.4. The average Bonchev–Trinajstić information content (AvgIpc) is 3.04. The van der Waals surface area contributed by atoms with Crippen molar-refractivity contribution < 1.29 is 27.1 Å². The van der Waals surface area contributed by atoms with Crippen LogP contribution in [0.2, 0.25) is 23.3 Å². The third-order valence-electron chi connectivity index (χ3n) is 8.12. The van der Waals surface area contributed by atoms with Crippen LogP contribution in [0, 0.1) is 5.82 Å². The highest BCUT2D eigenvalue weighted by atomic mass is 79.9. The molecule has 2 aromatic rings. The van der Waals surface area contributed by atoms with Gasteiger partial charge in [-0.1, -0.05) is 51.1 Å². The van der Waals surface area contributed by atoms with E-state index in [9.17, 15) is 4.79 Å². The van der Waals surface area contributed by atoms with Crippen LogP contribution in [-0.4, -0.2) is 76.4 Å². The highest BCUT2D eigenvalue weighted by Gasteiger charge is 2.69. The molecule has 3 atom stereocenters. The molecule has 2 aromatic heterocycles. The van der Waals surface area contributed by atoms with E-state index in [2.05, 4.69) is 51.7 Å². The molecule has 15 heteroatoms. The number of nitrogens with zero attached hydrogens (tertiary/aromatic N) is 5. The van der Waals surface area contributed by atoms with Gasteiger partial charge in [0.05, 0.1) is 18.5 Å². The lowest BCUT2D eigenvalue weighted by molar-refractivity contribution is -0.137. The number of pyridine rings is 1. The van der Waals surface area contributed by atoms with E-state index in [0.717, 1.165) is 0 Å². The van der Waals surface area contributed by atoms with Gasteiger partial charge in [-0.15, -0.1) is 0 Å². The van der Waals surface area contributed by atoms with E-state index < -0.39 is 55.2 Å². The topological polar surface area (TPSA) is 80.7 Å². The van der Waals surface area contributed by atoms with Crippen LogP contribution in [0.4, 0.5) is 23.8 Å². The Labute approximate surface area is 263 Å². The summed E-state index contributed by atoms with van der Waals surface area (Å²) in [7, 11) is -2.45. The van der Waals surface area contributed by atoms with Crippen molar-refractivity contribution in [3.05, 3.63) is 15.6 Å². The van der Waals surface area contributed by atoms with Crippen molar-refractivity contribution in [2.75, 3.05) is 23.8 Å². The molecule has 1 amide bonds. The Morgan fingerprint density at radius 3 is 2.38 bits per heavy atom. The zero-order valence-electron chi connectivity index (χ0n) is 25.4. The number of ether oxygens (including phenoxy) is 1. The Hall–Kier alpha value is -1.35. The summed E-state index contributed by atoms with van der Waals surface area (Å²) in [5.74, 6) is -5.20. The van der Waals surface area contributed by atoms with Crippen molar-refractivity contribution in [3.8, 4) is 0 Å². The first-order valence-corrected chi connectivity index (χ1v) is 18.9. The number of piperazine rings is 1. The molecule has 42 heavy (non-hydrogen) atoms. The second-order valence-electron chi connectivity index (χ2n) is 13.3. The van der Waals surface area contributed by atoms with Crippen LogP contribution in [-0.2, 0) is 9.16 Å². The number of halogens is 5. The second-order valence-corrected chi connectivity index (χ2v) is 20.4. The minimum Gasteiger partial charge on any atom is -0.444 e. The number of carbonyl (C=O) groups is 1. The van der Waals surface area contributed by atoms with E-state index in [0.29, 0.717) is 10.7 Å². The lowest BCUT2D eigenvalue weighted by Crippen LogP contribution is -2.72. The minimum absolute atomic E-state index is 0.0736. The number of fused-ring (bicyclic) bond motifs is 3. The van der Waals surface area contributed by atoms with Gasteiger partial charge in [0.15, 0.2) is 24.4 Å². The number of carbonyl (C=O) groups excluding carboxylic acids is 1. The third-order valence-corrected chi connectivity index (χ3v) is 14.2. The smallest absolute Gasteiger partial charge is 0.415 e. The molecule has 0 saturated carbocycles. The molecular formula is C27H38BrClF3N5O3SSi. The number of hydrogen-bond donors (Lipinski definition) is 0. The molecule has 0 aromatic carbocycles. The monoisotopic (exact) mass is 711 g/mol.